The number of nitrogens with zero attached hydrogens (tertiary/aromatic N) is 1. The zero-order valence-electron chi connectivity index (χ0n) is 17.0. The highest BCUT2D eigenvalue weighted by Crippen LogP contribution is 2.53. The first-order chi connectivity index (χ1) is 14.0. The number of hydrogen-bond acceptors (Lipinski definition) is 5. The quantitative estimate of drug-likeness (QED) is 0.731. The van der Waals surface area contributed by atoms with Gasteiger partial charge in [0, 0.05) is 36.2 Å². The number of rotatable bonds is 7. The van der Waals surface area contributed by atoms with Crippen molar-refractivity contribution in [3.05, 3.63) is 58.9 Å². The van der Waals surface area contributed by atoms with Crippen LogP contribution in [0.2, 0.25) is 0 Å². The van der Waals surface area contributed by atoms with E-state index in [9.17, 15) is 9.59 Å². The molecule has 29 heavy (non-hydrogen) atoms. The molecule has 152 valence electrons. The zero-order valence-corrected chi connectivity index (χ0v) is 17.0. The molecular weight excluding hydrogens is 368 g/mol. The third-order valence-corrected chi connectivity index (χ3v) is 6.23. The second-order valence-electron chi connectivity index (χ2n) is 7.87. The Morgan fingerprint density at radius 3 is 2.66 bits per heavy atom. The van der Waals surface area contributed by atoms with Gasteiger partial charge in [0.2, 0.25) is 0 Å². The maximum absolute atomic E-state index is 13.0. The lowest BCUT2D eigenvalue weighted by atomic mass is 9.93. The highest BCUT2D eigenvalue weighted by molar-refractivity contribution is 6.00. The SMILES string of the molecule is CNC(=O)c1cc(C(=O)CC2[C@H]3COC[C@@H]23)cc(C(C)c2ccccc2OC)n1. The number of amides is 1. The largest absolute Gasteiger partial charge is 0.496 e. The van der Waals surface area contributed by atoms with Crippen LogP contribution in [-0.4, -0.2) is 44.0 Å². The molecule has 2 aliphatic rings. The Morgan fingerprint density at radius 1 is 1.24 bits per heavy atom. The van der Waals surface area contributed by atoms with Gasteiger partial charge in [-0.1, -0.05) is 25.1 Å². The number of nitrogens with one attached hydrogen (secondary N) is 1. The summed E-state index contributed by atoms with van der Waals surface area (Å²) >= 11 is 0. The maximum atomic E-state index is 13.0. The van der Waals surface area contributed by atoms with Crippen LogP contribution in [0.15, 0.2) is 36.4 Å². The van der Waals surface area contributed by atoms with E-state index in [-0.39, 0.29) is 23.3 Å². The van der Waals surface area contributed by atoms with Gasteiger partial charge in [0.05, 0.1) is 20.3 Å². The number of ketones is 1. The second kappa shape index (κ2) is 7.95. The number of Topliss-reactive ketones (excluding diaryl/α,β-unsaturated/α-hetero) is 1. The highest BCUT2D eigenvalue weighted by Gasteiger charge is 2.54. The van der Waals surface area contributed by atoms with E-state index < -0.39 is 0 Å². The molecule has 2 unspecified atom stereocenters. The molecule has 1 saturated carbocycles. The van der Waals surface area contributed by atoms with Gasteiger partial charge in [-0.2, -0.15) is 0 Å². The Bertz CT molecular complexity index is 932. The fraction of sp³-hybridized carbons (Fsp3) is 0.435. The summed E-state index contributed by atoms with van der Waals surface area (Å²) in [6.07, 6.45) is 0.498. The van der Waals surface area contributed by atoms with Gasteiger partial charge in [0.1, 0.15) is 11.4 Å². The molecule has 2 heterocycles. The molecule has 1 amide bonds. The standard InChI is InChI=1S/C23H26N2O4/c1-13(15-6-4-5-7-22(15)28-3)19-8-14(9-20(25-19)23(27)24-2)21(26)10-16-17-11-29-12-18(16)17/h4-9,13,16-18H,10-12H2,1-3H3,(H,24,27)/t13?,16?,17-,18+. The Morgan fingerprint density at radius 2 is 1.97 bits per heavy atom. The third kappa shape index (κ3) is 3.77. The van der Waals surface area contributed by atoms with Gasteiger partial charge in [-0.3, -0.25) is 9.59 Å². The number of carbonyl (C=O) groups is 2. The molecule has 4 rings (SSSR count). The molecule has 1 aliphatic carbocycles. The van der Waals surface area contributed by atoms with Crippen molar-refractivity contribution in [1.29, 1.82) is 0 Å². The van der Waals surface area contributed by atoms with E-state index in [1.165, 1.54) is 0 Å². The lowest BCUT2D eigenvalue weighted by Crippen LogP contribution is -2.21. The predicted octanol–water partition coefficient (Wildman–Crippen LogP) is 3.07. The second-order valence-corrected chi connectivity index (χ2v) is 7.87. The van der Waals surface area contributed by atoms with Crippen LogP contribution >= 0.6 is 0 Å². The van der Waals surface area contributed by atoms with Crippen LogP contribution < -0.4 is 10.1 Å². The summed E-state index contributed by atoms with van der Waals surface area (Å²) in [7, 11) is 3.19. The van der Waals surface area contributed by atoms with E-state index in [0.717, 1.165) is 24.5 Å². The van der Waals surface area contributed by atoms with Crippen LogP contribution in [0.25, 0.3) is 0 Å². The summed E-state index contributed by atoms with van der Waals surface area (Å²) < 4.78 is 10.9. The molecule has 1 N–H and O–H groups in total. The average molecular weight is 394 g/mol. The minimum absolute atomic E-state index is 0.0606. The summed E-state index contributed by atoms with van der Waals surface area (Å²) in [5.41, 5.74) is 2.44. The first-order valence-corrected chi connectivity index (χ1v) is 10.0. The molecule has 1 saturated heterocycles. The number of aromatic nitrogens is 1. The van der Waals surface area contributed by atoms with E-state index in [0.29, 0.717) is 35.4 Å². The van der Waals surface area contributed by atoms with Crippen molar-refractivity contribution in [3.8, 4) is 5.75 Å². The number of carbonyl (C=O) groups excluding carboxylic acids is 2. The minimum atomic E-state index is -0.301. The molecule has 2 aromatic rings. The van der Waals surface area contributed by atoms with Gasteiger partial charge >= 0.3 is 0 Å². The van der Waals surface area contributed by atoms with Crippen LogP contribution in [0.4, 0.5) is 0 Å². The van der Waals surface area contributed by atoms with E-state index >= 15 is 0 Å². The fourth-order valence-corrected chi connectivity index (χ4v) is 4.36. The van der Waals surface area contributed by atoms with Crippen LogP contribution in [0, 0.1) is 17.8 Å². The topological polar surface area (TPSA) is 77.5 Å². The summed E-state index contributed by atoms with van der Waals surface area (Å²) in [6, 6.07) is 11.2. The van der Waals surface area contributed by atoms with Gasteiger partial charge in [-0.15, -0.1) is 0 Å². The number of fused-ring (bicyclic) bond motifs is 1. The first-order valence-electron chi connectivity index (χ1n) is 10.0. The lowest BCUT2D eigenvalue weighted by molar-refractivity contribution is 0.0950. The molecule has 1 aliphatic heterocycles. The summed E-state index contributed by atoms with van der Waals surface area (Å²) in [5.74, 6) is 1.83. The van der Waals surface area contributed by atoms with Crippen molar-refractivity contribution in [2.75, 3.05) is 27.4 Å². The monoisotopic (exact) mass is 394 g/mol. The van der Waals surface area contributed by atoms with Crippen LogP contribution in [0.5, 0.6) is 5.75 Å². The van der Waals surface area contributed by atoms with E-state index in [2.05, 4.69) is 10.3 Å². The zero-order chi connectivity index (χ0) is 20.5. The van der Waals surface area contributed by atoms with Gasteiger partial charge in [0.25, 0.3) is 5.91 Å². The van der Waals surface area contributed by atoms with Gasteiger partial charge in [-0.25, -0.2) is 4.98 Å². The molecule has 6 nitrogen and oxygen atoms in total. The number of para-hydroxylation sites is 1. The molecule has 4 atom stereocenters. The normalized spacial score (nSPS) is 23.2. The van der Waals surface area contributed by atoms with Crippen molar-refractivity contribution in [3.63, 3.8) is 0 Å². The number of hydrogen-bond donors (Lipinski definition) is 1. The summed E-state index contributed by atoms with van der Waals surface area (Å²) in [4.78, 5) is 29.8. The molecule has 2 fully saturated rings. The lowest BCUT2D eigenvalue weighted by Gasteiger charge is -2.17. The Kier molecular flexibility index (Phi) is 5.37. The molecular formula is C23H26N2O4. The first kappa shape index (κ1) is 19.6. The molecule has 0 bridgehead atoms. The van der Waals surface area contributed by atoms with Crippen LogP contribution in [0.1, 0.15) is 51.4 Å². The molecule has 6 heteroatoms. The predicted molar refractivity (Wildman–Crippen MR) is 108 cm³/mol. The third-order valence-electron chi connectivity index (χ3n) is 6.23. The molecule has 1 aromatic heterocycles. The number of methoxy groups -OCH3 is 1. The number of benzene rings is 1. The van der Waals surface area contributed by atoms with E-state index in [1.807, 2.05) is 37.3 Å². The van der Waals surface area contributed by atoms with E-state index in [1.54, 1.807) is 20.2 Å². The van der Waals surface area contributed by atoms with Crippen LogP contribution in [0.3, 0.4) is 0 Å². The van der Waals surface area contributed by atoms with Crippen LogP contribution in [-0.2, 0) is 4.74 Å². The van der Waals surface area contributed by atoms with Crippen molar-refractivity contribution in [2.45, 2.75) is 19.3 Å². The maximum Gasteiger partial charge on any atom is 0.269 e. The Hall–Kier alpha value is -2.73. The Labute approximate surface area is 170 Å². The van der Waals surface area contributed by atoms with Gasteiger partial charge < -0.3 is 14.8 Å². The average Bonchev–Trinajstić information content (AvgIpc) is 3.17. The summed E-state index contributed by atoms with van der Waals surface area (Å²) in [5, 5.41) is 2.61. The Balaban J connectivity index is 1.65. The fourth-order valence-electron chi connectivity index (χ4n) is 4.36. The van der Waals surface area contributed by atoms with Crippen molar-refractivity contribution < 1.29 is 19.1 Å². The highest BCUT2D eigenvalue weighted by atomic mass is 16.5. The smallest absolute Gasteiger partial charge is 0.269 e. The van der Waals surface area contributed by atoms with Gasteiger partial charge in [0.15, 0.2) is 5.78 Å². The minimum Gasteiger partial charge on any atom is -0.496 e. The van der Waals surface area contributed by atoms with E-state index in [4.69, 9.17) is 9.47 Å². The summed E-state index contributed by atoms with van der Waals surface area (Å²) in [6.45, 7) is 3.53. The van der Waals surface area contributed by atoms with Crippen molar-refractivity contribution in [2.24, 2.45) is 17.8 Å². The van der Waals surface area contributed by atoms with Crippen molar-refractivity contribution in [1.82, 2.24) is 10.3 Å². The number of ether oxygens (including phenoxy) is 2. The molecule has 1 aromatic carbocycles. The van der Waals surface area contributed by atoms with Gasteiger partial charge in [-0.05, 0) is 36.0 Å². The molecule has 0 spiro atoms. The number of pyridine rings is 1. The van der Waals surface area contributed by atoms with Crippen molar-refractivity contribution >= 4 is 11.7 Å². The molecule has 0 radical (unpaired) electrons.